The lowest BCUT2D eigenvalue weighted by atomic mass is 9.91. The predicted molar refractivity (Wildman–Crippen MR) is 150 cm³/mol. The Bertz CT molecular complexity index is 1190. The highest BCUT2D eigenvalue weighted by Gasteiger charge is 2.26. The fourth-order valence-electron chi connectivity index (χ4n) is 6.33. The first kappa shape index (κ1) is 24.9. The SMILES string of the molecule is NC1CCC(Nc2nc(NN3CCC(Cc4ccccc4Cl)CC3)c3ncn(C4CCCC4)c3n2)CC1. The molecule has 0 unspecified atom stereocenters. The van der Waals surface area contributed by atoms with Crippen LogP contribution in [0.2, 0.25) is 5.02 Å². The molecule has 9 heteroatoms. The number of fused-ring (bicyclic) bond motifs is 1. The number of benzene rings is 1. The molecule has 3 heterocycles. The first-order valence-corrected chi connectivity index (χ1v) is 14.5. The first-order valence-electron chi connectivity index (χ1n) is 14.1. The van der Waals surface area contributed by atoms with Crippen LogP contribution in [0.1, 0.15) is 75.8 Å². The number of nitrogens with one attached hydrogen (secondary N) is 2. The van der Waals surface area contributed by atoms with Gasteiger partial charge in [0.15, 0.2) is 17.0 Å². The molecule has 1 aliphatic heterocycles. The number of rotatable bonds is 7. The van der Waals surface area contributed by atoms with Crippen molar-refractivity contribution in [2.24, 2.45) is 11.7 Å². The van der Waals surface area contributed by atoms with E-state index in [0.29, 0.717) is 30.0 Å². The number of nitrogens with zero attached hydrogens (tertiary/aromatic N) is 5. The Labute approximate surface area is 224 Å². The number of hydrogen-bond acceptors (Lipinski definition) is 7. The zero-order chi connectivity index (χ0) is 25.2. The van der Waals surface area contributed by atoms with E-state index in [-0.39, 0.29) is 0 Å². The monoisotopic (exact) mass is 522 g/mol. The standard InChI is InChI=1S/C28H39ClN8/c29-24-8-4-1-5-20(24)17-19-13-15-36(16-14-19)35-26-25-27(37(18-31-25)23-6-2-3-7-23)34-28(33-26)32-22-11-9-21(30)10-12-22/h1,4-5,8,18-19,21-23H,2-3,6-7,9-17,30H2,(H2,32,33,34,35). The van der Waals surface area contributed by atoms with Gasteiger partial charge in [-0.3, -0.25) is 0 Å². The number of halogens is 1. The molecule has 0 radical (unpaired) electrons. The van der Waals surface area contributed by atoms with Crippen molar-refractivity contribution in [3.8, 4) is 0 Å². The van der Waals surface area contributed by atoms with Gasteiger partial charge in [-0.25, -0.2) is 9.99 Å². The van der Waals surface area contributed by atoms with Crippen LogP contribution in [0.15, 0.2) is 30.6 Å². The lowest BCUT2D eigenvalue weighted by molar-refractivity contribution is 0.216. The summed E-state index contributed by atoms with van der Waals surface area (Å²) in [4.78, 5) is 14.7. The largest absolute Gasteiger partial charge is 0.351 e. The smallest absolute Gasteiger partial charge is 0.227 e. The highest BCUT2D eigenvalue weighted by Crippen LogP contribution is 2.34. The maximum atomic E-state index is 6.42. The molecule has 2 aliphatic carbocycles. The van der Waals surface area contributed by atoms with Crippen molar-refractivity contribution in [3.05, 3.63) is 41.2 Å². The van der Waals surface area contributed by atoms with Crippen LogP contribution in [0.25, 0.3) is 11.2 Å². The summed E-state index contributed by atoms with van der Waals surface area (Å²) in [5.41, 5.74) is 12.8. The van der Waals surface area contributed by atoms with Crippen molar-refractivity contribution >= 4 is 34.5 Å². The molecule has 0 atom stereocenters. The van der Waals surface area contributed by atoms with E-state index in [2.05, 4.69) is 32.5 Å². The lowest BCUT2D eigenvalue weighted by Gasteiger charge is -2.32. The van der Waals surface area contributed by atoms with E-state index >= 15 is 0 Å². The van der Waals surface area contributed by atoms with Crippen molar-refractivity contribution in [2.45, 2.75) is 88.8 Å². The van der Waals surface area contributed by atoms with Gasteiger partial charge in [0.1, 0.15) is 0 Å². The normalized spacial score (nSPS) is 24.1. The fraction of sp³-hybridized carbons (Fsp3) is 0.607. The van der Waals surface area contributed by atoms with Gasteiger partial charge in [0.05, 0.1) is 6.33 Å². The molecule has 4 N–H and O–H groups in total. The van der Waals surface area contributed by atoms with Gasteiger partial charge in [-0.1, -0.05) is 42.6 Å². The number of anilines is 2. The first-order chi connectivity index (χ1) is 18.1. The Morgan fingerprint density at radius 3 is 2.46 bits per heavy atom. The van der Waals surface area contributed by atoms with Gasteiger partial charge in [0.25, 0.3) is 0 Å². The maximum Gasteiger partial charge on any atom is 0.227 e. The molecule has 0 spiro atoms. The molecule has 37 heavy (non-hydrogen) atoms. The van der Waals surface area contributed by atoms with Crippen molar-refractivity contribution < 1.29 is 0 Å². The molecule has 0 bridgehead atoms. The Hall–Kier alpha value is -2.42. The predicted octanol–water partition coefficient (Wildman–Crippen LogP) is 5.56. The van der Waals surface area contributed by atoms with E-state index in [4.69, 9.17) is 32.3 Å². The van der Waals surface area contributed by atoms with Gasteiger partial charge in [-0.15, -0.1) is 0 Å². The molecule has 2 aromatic heterocycles. The van der Waals surface area contributed by atoms with E-state index in [1.54, 1.807) is 0 Å². The topological polar surface area (TPSA) is 96.9 Å². The van der Waals surface area contributed by atoms with E-state index < -0.39 is 0 Å². The average molecular weight is 523 g/mol. The van der Waals surface area contributed by atoms with E-state index in [9.17, 15) is 0 Å². The Morgan fingerprint density at radius 1 is 0.946 bits per heavy atom. The number of piperidine rings is 1. The second kappa shape index (κ2) is 11.1. The van der Waals surface area contributed by atoms with Crippen LogP contribution >= 0.6 is 11.6 Å². The minimum atomic E-state index is 0.323. The molecule has 8 nitrogen and oxygen atoms in total. The van der Waals surface area contributed by atoms with Gasteiger partial charge in [-0.05, 0) is 75.3 Å². The number of aromatic nitrogens is 4. The molecule has 1 saturated heterocycles. The summed E-state index contributed by atoms with van der Waals surface area (Å²) >= 11 is 6.42. The molecular formula is C28H39ClN8. The minimum Gasteiger partial charge on any atom is -0.351 e. The Balaban J connectivity index is 1.18. The summed E-state index contributed by atoms with van der Waals surface area (Å²) in [6.45, 7) is 1.93. The van der Waals surface area contributed by atoms with E-state index in [1.165, 1.54) is 31.2 Å². The second-order valence-corrected chi connectivity index (χ2v) is 11.7. The Kier molecular flexibility index (Phi) is 7.49. The van der Waals surface area contributed by atoms with Crippen LogP contribution in [-0.4, -0.2) is 49.7 Å². The minimum absolute atomic E-state index is 0.323. The van der Waals surface area contributed by atoms with Gasteiger partial charge in [-0.2, -0.15) is 9.97 Å². The number of hydrazine groups is 1. The van der Waals surface area contributed by atoms with Gasteiger partial charge < -0.3 is 21.0 Å². The van der Waals surface area contributed by atoms with Crippen LogP contribution < -0.4 is 16.5 Å². The summed E-state index contributed by atoms with van der Waals surface area (Å²) in [6, 6.07) is 9.40. The quantitative estimate of drug-likeness (QED) is 0.374. The summed E-state index contributed by atoms with van der Waals surface area (Å²) < 4.78 is 2.28. The molecule has 2 saturated carbocycles. The van der Waals surface area contributed by atoms with E-state index in [1.807, 2.05) is 18.5 Å². The van der Waals surface area contributed by atoms with Crippen LogP contribution in [0.3, 0.4) is 0 Å². The molecule has 1 aromatic carbocycles. The second-order valence-electron chi connectivity index (χ2n) is 11.3. The number of nitrogens with two attached hydrogens (primary N) is 1. The van der Waals surface area contributed by atoms with Crippen molar-refractivity contribution in [3.63, 3.8) is 0 Å². The molecule has 0 amide bonds. The molecule has 198 valence electrons. The lowest BCUT2D eigenvalue weighted by Crippen LogP contribution is -2.39. The van der Waals surface area contributed by atoms with Crippen molar-refractivity contribution in [2.75, 3.05) is 23.8 Å². The number of imidazole rings is 1. The summed E-state index contributed by atoms with van der Waals surface area (Å²) in [5, 5.41) is 6.80. The third kappa shape index (κ3) is 5.71. The van der Waals surface area contributed by atoms with Crippen LogP contribution in [0.5, 0.6) is 0 Å². The molecule has 3 aromatic rings. The highest BCUT2D eigenvalue weighted by molar-refractivity contribution is 6.31. The highest BCUT2D eigenvalue weighted by atomic mass is 35.5. The van der Waals surface area contributed by atoms with Gasteiger partial charge >= 0.3 is 0 Å². The summed E-state index contributed by atoms with van der Waals surface area (Å²) in [7, 11) is 0. The molecule has 3 fully saturated rings. The zero-order valence-electron chi connectivity index (χ0n) is 21.6. The summed E-state index contributed by atoms with van der Waals surface area (Å²) in [5.74, 6) is 2.14. The molecule has 6 rings (SSSR count). The van der Waals surface area contributed by atoms with Gasteiger partial charge in [0, 0.05) is 36.2 Å². The van der Waals surface area contributed by atoms with Gasteiger partial charge in [0.2, 0.25) is 5.95 Å². The average Bonchev–Trinajstić information content (AvgIpc) is 3.58. The van der Waals surface area contributed by atoms with Crippen molar-refractivity contribution in [1.29, 1.82) is 0 Å². The number of hydrogen-bond donors (Lipinski definition) is 3. The third-order valence-corrected chi connectivity index (χ3v) is 8.96. The van der Waals surface area contributed by atoms with Crippen molar-refractivity contribution in [1.82, 2.24) is 24.5 Å². The third-order valence-electron chi connectivity index (χ3n) is 8.59. The summed E-state index contributed by atoms with van der Waals surface area (Å²) in [6.07, 6.45) is 14.4. The maximum absolute atomic E-state index is 6.42. The van der Waals surface area contributed by atoms with E-state index in [0.717, 1.165) is 80.0 Å². The molecule has 3 aliphatic rings. The molecular weight excluding hydrogens is 484 g/mol. The zero-order valence-corrected chi connectivity index (χ0v) is 22.3. The van der Waals surface area contributed by atoms with Crippen LogP contribution in [0.4, 0.5) is 11.8 Å². The van der Waals surface area contributed by atoms with Crippen LogP contribution in [-0.2, 0) is 6.42 Å². The van der Waals surface area contributed by atoms with Crippen LogP contribution in [0, 0.1) is 5.92 Å². The Morgan fingerprint density at radius 2 is 1.70 bits per heavy atom. The fourth-order valence-corrected chi connectivity index (χ4v) is 6.54.